The second-order valence-electron chi connectivity index (χ2n) is 6.77. The van der Waals surface area contributed by atoms with E-state index in [0.29, 0.717) is 6.04 Å². The lowest BCUT2D eigenvalue weighted by Gasteiger charge is -2.37. The van der Waals surface area contributed by atoms with E-state index in [1.54, 1.807) is 11.1 Å². The Morgan fingerprint density at radius 3 is 2.39 bits per heavy atom. The fourth-order valence-corrected chi connectivity index (χ4v) is 4.06. The number of rotatable bonds is 4. The van der Waals surface area contributed by atoms with Crippen LogP contribution < -0.4 is 0 Å². The molecule has 2 aliphatic rings. The molecule has 1 aliphatic heterocycles. The zero-order valence-corrected chi connectivity index (χ0v) is 14.0. The van der Waals surface area contributed by atoms with Crippen LogP contribution >= 0.6 is 0 Å². The Labute approximate surface area is 138 Å². The maximum Gasteiger partial charge on any atom is 0.122 e. The molecule has 2 heterocycles. The molecule has 1 fully saturated rings. The normalized spacial score (nSPS) is 20.0. The first kappa shape index (κ1) is 14.9. The van der Waals surface area contributed by atoms with E-state index in [4.69, 9.17) is 0 Å². The van der Waals surface area contributed by atoms with Crippen LogP contribution in [0, 0.1) is 0 Å². The summed E-state index contributed by atoms with van der Waals surface area (Å²) in [7, 11) is 0. The number of hydrogen-bond donors (Lipinski definition) is 0. The number of nitrogens with zero attached hydrogens (tertiary/aromatic N) is 4. The number of fused-ring (bicyclic) bond motifs is 1. The van der Waals surface area contributed by atoms with E-state index >= 15 is 0 Å². The van der Waals surface area contributed by atoms with Gasteiger partial charge >= 0.3 is 0 Å². The predicted molar refractivity (Wildman–Crippen MR) is 92.4 cm³/mol. The van der Waals surface area contributed by atoms with Crippen molar-refractivity contribution in [2.24, 2.45) is 0 Å². The zero-order valence-electron chi connectivity index (χ0n) is 14.0. The van der Waals surface area contributed by atoms with E-state index in [0.717, 1.165) is 26.2 Å². The molecule has 4 rings (SSSR count). The molecule has 4 nitrogen and oxygen atoms in total. The van der Waals surface area contributed by atoms with Crippen LogP contribution in [0.2, 0.25) is 0 Å². The van der Waals surface area contributed by atoms with Crippen LogP contribution in [0.1, 0.15) is 23.9 Å². The van der Waals surface area contributed by atoms with Gasteiger partial charge in [-0.15, -0.1) is 0 Å². The van der Waals surface area contributed by atoms with Gasteiger partial charge in [0.25, 0.3) is 0 Å². The number of imidazole rings is 1. The number of hydrogen-bond acceptors (Lipinski definition) is 3. The summed E-state index contributed by atoms with van der Waals surface area (Å²) in [6, 6.07) is 9.67. The molecule has 2 aromatic rings. The number of benzene rings is 1. The second kappa shape index (κ2) is 6.46. The van der Waals surface area contributed by atoms with Crippen LogP contribution in [-0.4, -0.2) is 51.6 Å². The fraction of sp³-hybridized carbons (Fsp3) is 0.526. The molecule has 1 aliphatic carbocycles. The Bertz CT molecular complexity index is 630. The van der Waals surface area contributed by atoms with Gasteiger partial charge in [0.15, 0.2) is 0 Å². The first-order valence-corrected chi connectivity index (χ1v) is 8.86. The maximum atomic E-state index is 4.51. The Morgan fingerprint density at radius 2 is 1.74 bits per heavy atom. The van der Waals surface area contributed by atoms with E-state index < -0.39 is 0 Å². The quantitative estimate of drug-likeness (QED) is 0.865. The second-order valence-corrected chi connectivity index (χ2v) is 6.77. The van der Waals surface area contributed by atoms with Gasteiger partial charge in [0, 0.05) is 51.2 Å². The summed E-state index contributed by atoms with van der Waals surface area (Å²) in [5.41, 5.74) is 3.12. The molecule has 0 saturated carbocycles. The van der Waals surface area contributed by atoms with Crippen molar-refractivity contribution in [1.82, 2.24) is 19.4 Å². The van der Waals surface area contributed by atoms with Crippen LogP contribution in [0.5, 0.6) is 0 Å². The lowest BCUT2D eigenvalue weighted by Crippen LogP contribution is -2.50. The Hall–Kier alpha value is -1.65. The molecule has 0 atom stereocenters. The summed E-state index contributed by atoms with van der Waals surface area (Å²) in [5, 5.41) is 0. The highest BCUT2D eigenvalue weighted by Crippen LogP contribution is 2.26. The summed E-state index contributed by atoms with van der Waals surface area (Å²) < 4.78 is 2.25. The van der Waals surface area contributed by atoms with Gasteiger partial charge in [-0.2, -0.15) is 0 Å². The van der Waals surface area contributed by atoms with Gasteiger partial charge in [-0.25, -0.2) is 4.98 Å². The van der Waals surface area contributed by atoms with Gasteiger partial charge in [-0.05, 0) is 30.9 Å². The van der Waals surface area contributed by atoms with Crippen LogP contribution in [-0.2, 0) is 25.9 Å². The topological polar surface area (TPSA) is 24.3 Å². The highest BCUT2D eigenvalue weighted by atomic mass is 15.3. The molecule has 122 valence electrons. The standard InChI is InChI=1S/C19H26N4/c1-2-22-8-7-20-19(22)15-21-9-11-23(12-10-21)18-13-16-5-3-4-6-17(16)14-18/h3-8,18H,2,9-15H2,1H3. The number of aromatic nitrogens is 2. The third-order valence-corrected chi connectivity index (χ3v) is 5.46. The molecule has 0 spiro atoms. The molecule has 0 unspecified atom stereocenters. The number of piperazine rings is 1. The monoisotopic (exact) mass is 310 g/mol. The van der Waals surface area contributed by atoms with Gasteiger partial charge in [-0.3, -0.25) is 9.80 Å². The molecule has 1 aromatic carbocycles. The lowest BCUT2D eigenvalue weighted by atomic mass is 10.1. The molecule has 0 bridgehead atoms. The van der Waals surface area contributed by atoms with Crippen LogP contribution in [0.4, 0.5) is 0 Å². The average molecular weight is 310 g/mol. The van der Waals surface area contributed by atoms with E-state index in [9.17, 15) is 0 Å². The molecular weight excluding hydrogens is 284 g/mol. The van der Waals surface area contributed by atoms with Crippen LogP contribution in [0.3, 0.4) is 0 Å². The van der Waals surface area contributed by atoms with Crippen molar-refractivity contribution in [3.05, 3.63) is 53.6 Å². The molecular formula is C19H26N4. The highest BCUT2D eigenvalue weighted by Gasteiger charge is 2.29. The molecule has 1 saturated heterocycles. The van der Waals surface area contributed by atoms with Crippen molar-refractivity contribution < 1.29 is 0 Å². The largest absolute Gasteiger partial charge is 0.334 e. The van der Waals surface area contributed by atoms with Gasteiger partial charge in [0.2, 0.25) is 0 Å². The summed E-state index contributed by atoms with van der Waals surface area (Å²) >= 11 is 0. The van der Waals surface area contributed by atoms with Crippen LogP contribution in [0.25, 0.3) is 0 Å². The van der Waals surface area contributed by atoms with Gasteiger partial charge in [-0.1, -0.05) is 24.3 Å². The van der Waals surface area contributed by atoms with E-state index in [1.165, 1.54) is 31.8 Å². The van der Waals surface area contributed by atoms with Crippen molar-refractivity contribution >= 4 is 0 Å². The minimum absolute atomic E-state index is 0.715. The van der Waals surface area contributed by atoms with Gasteiger partial charge in [0.05, 0.1) is 6.54 Å². The van der Waals surface area contributed by atoms with Crippen LogP contribution in [0.15, 0.2) is 36.7 Å². The van der Waals surface area contributed by atoms with Crippen molar-refractivity contribution in [2.45, 2.75) is 38.9 Å². The zero-order chi connectivity index (χ0) is 15.6. The fourth-order valence-electron chi connectivity index (χ4n) is 4.06. The van der Waals surface area contributed by atoms with E-state index in [-0.39, 0.29) is 0 Å². The summed E-state index contributed by atoms with van der Waals surface area (Å²) in [6.07, 6.45) is 6.47. The molecule has 0 N–H and O–H groups in total. The van der Waals surface area contributed by atoms with Gasteiger partial charge < -0.3 is 4.57 Å². The third-order valence-electron chi connectivity index (χ3n) is 5.46. The van der Waals surface area contributed by atoms with Crippen molar-refractivity contribution in [3.8, 4) is 0 Å². The van der Waals surface area contributed by atoms with Crippen molar-refractivity contribution in [3.63, 3.8) is 0 Å². The summed E-state index contributed by atoms with van der Waals surface area (Å²) in [6.45, 7) is 8.86. The highest BCUT2D eigenvalue weighted by molar-refractivity contribution is 5.33. The van der Waals surface area contributed by atoms with E-state index in [1.807, 2.05) is 6.20 Å². The lowest BCUT2D eigenvalue weighted by molar-refractivity contribution is 0.0926. The maximum absolute atomic E-state index is 4.51. The smallest absolute Gasteiger partial charge is 0.122 e. The Morgan fingerprint density at radius 1 is 1.04 bits per heavy atom. The van der Waals surface area contributed by atoms with E-state index in [2.05, 4.69) is 56.7 Å². The molecule has 0 amide bonds. The third kappa shape index (κ3) is 3.06. The first-order valence-electron chi connectivity index (χ1n) is 8.86. The SMILES string of the molecule is CCn1ccnc1CN1CCN(C2Cc3ccccc3C2)CC1. The molecule has 0 radical (unpaired) electrons. The molecule has 4 heteroatoms. The first-order chi connectivity index (χ1) is 11.3. The minimum atomic E-state index is 0.715. The molecule has 23 heavy (non-hydrogen) atoms. The van der Waals surface area contributed by atoms with Crippen molar-refractivity contribution in [1.29, 1.82) is 0 Å². The molecule has 1 aromatic heterocycles. The Balaban J connectivity index is 1.32. The van der Waals surface area contributed by atoms with Gasteiger partial charge in [0.1, 0.15) is 5.82 Å². The summed E-state index contributed by atoms with van der Waals surface area (Å²) in [5.74, 6) is 1.20. The average Bonchev–Trinajstić information content (AvgIpc) is 3.21. The van der Waals surface area contributed by atoms with Crippen molar-refractivity contribution in [2.75, 3.05) is 26.2 Å². The summed E-state index contributed by atoms with van der Waals surface area (Å²) in [4.78, 5) is 9.76. The Kier molecular flexibility index (Phi) is 4.19. The minimum Gasteiger partial charge on any atom is -0.334 e. The number of aryl methyl sites for hydroxylation is 1. The predicted octanol–water partition coefficient (Wildman–Crippen LogP) is 2.19.